The fourth-order valence-corrected chi connectivity index (χ4v) is 3.81. The molecule has 0 bridgehead atoms. The normalized spacial score (nSPS) is 25.0. The van der Waals surface area contributed by atoms with Crippen molar-refractivity contribution in [1.82, 2.24) is 10.2 Å². The molecule has 1 atom stereocenters. The minimum absolute atomic E-state index is 0. The lowest BCUT2D eigenvalue weighted by molar-refractivity contribution is -0.146. The van der Waals surface area contributed by atoms with E-state index in [4.69, 9.17) is 4.74 Å². The lowest BCUT2D eigenvalue weighted by atomic mass is 9.78. The first-order valence-corrected chi connectivity index (χ1v) is 8.06. The molecule has 0 saturated carbocycles. The van der Waals surface area contributed by atoms with E-state index in [2.05, 4.69) is 24.1 Å². The number of halogens is 1. The molecule has 0 radical (unpaired) electrons. The van der Waals surface area contributed by atoms with Crippen LogP contribution in [-0.4, -0.2) is 50.7 Å². The van der Waals surface area contributed by atoms with E-state index in [9.17, 15) is 4.79 Å². The molecule has 0 aromatic carbocycles. The maximum absolute atomic E-state index is 13.0. The fraction of sp³-hybridized carbons (Fsp3) is 0.938. The quantitative estimate of drug-likeness (QED) is 0.846. The fourth-order valence-electron chi connectivity index (χ4n) is 3.81. The van der Waals surface area contributed by atoms with E-state index in [1.165, 1.54) is 12.8 Å². The Morgan fingerprint density at radius 3 is 2.62 bits per heavy atom. The smallest absolute Gasteiger partial charge is 0.231 e. The molecular formula is C16H31ClN2O2. The van der Waals surface area contributed by atoms with Crippen molar-refractivity contribution in [3.05, 3.63) is 0 Å². The van der Waals surface area contributed by atoms with Crippen molar-refractivity contribution in [3.8, 4) is 0 Å². The molecule has 21 heavy (non-hydrogen) atoms. The number of carbonyl (C=O) groups excluding carboxylic acids is 1. The van der Waals surface area contributed by atoms with Crippen molar-refractivity contribution in [3.63, 3.8) is 0 Å². The van der Waals surface area contributed by atoms with E-state index in [0.717, 1.165) is 44.9 Å². The Hall–Kier alpha value is -0.320. The highest BCUT2D eigenvalue weighted by atomic mass is 35.5. The third kappa shape index (κ3) is 4.57. The number of ether oxygens (including phenoxy) is 1. The number of nitrogens with zero attached hydrogens (tertiary/aromatic N) is 1. The predicted octanol–water partition coefficient (Wildman–Crippen LogP) is 2.32. The van der Waals surface area contributed by atoms with Gasteiger partial charge in [0.1, 0.15) is 0 Å². The molecule has 2 heterocycles. The molecule has 0 spiro atoms. The third-order valence-corrected chi connectivity index (χ3v) is 4.81. The Morgan fingerprint density at radius 2 is 2.05 bits per heavy atom. The van der Waals surface area contributed by atoms with Crippen LogP contribution in [0.4, 0.5) is 0 Å². The first-order chi connectivity index (χ1) is 9.57. The Balaban J connectivity index is 0.00000220. The van der Waals surface area contributed by atoms with Gasteiger partial charge in [-0.05, 0) is 50.6 Å². The van der Waals surface area contributed by atoms with E-state index in [-0.39, 0.29) is 17.8 Å². The number of carbonyl (C=O) groups is 1. The van der Waals surface area contributed by atoms with Crippen LogP contribution in [-0.2, 0) is 9.53 Å². The first-order valence-electron chi connectivity index (χ1n) is 8.06. The van der Waals surface area contributed by atoms with E-state index >= 15 is 0 Å². The molecule has 0 aliphatic carbocycles. The summed E-state index contributed by atoms with van der Waals surface area (Å²) in [5, 5.41) is 3.35. The SMILES string of the molecule is COCC1(C(=O)N2CCC(CC(C)C)C2)CCNCC1.Cl. The van der Waals surface area contributed by atoms with Crippen molar-refractivity contribution in [2.75, 3.05) is 39.9 Å². The summed E-state index contributed by atoms with van der Waals surface area (Å²) in [5.41, 5.74) is -0.271. The van der Waals surface area contributed by atoms with Crippen molar-refractivity contribution < 1.29 is 9.53 Å². The monoisotopic (exact) mass is 318 g/mol. The summed E-state index contributed by atoms with van der Waals surface area (Å²) in [6.07, 6.45) is 4.23. The van der Waals surface area contributed by atoms with E-state index in [0.29, 0.717) is 18.4 Å². The molecule has 1 unspecified atom stereocenters. The van der Waals surface area contributed by atoms with E-state index in [1.807, 2.05) is 0 Å². The summed E-state index contributed by atoms with van der Waals surface area (Å²) in [6.45, 7) is 8.86. The molecule has 1 N–H and O–H groups in total. The minimum Gasteiger partial charge on any atom is -0.384 e. The Labute approximate surface area is 135 Å². The maximum atomic E-state index is 13.0. The summed E-state index contributed by atoms with van der Waals surface area (Å²) in [6, 6.07) is 0. The Bertz CT molecular complexity index is 325. The molecule has 5 heteroatoms. The molecular weight excluding hydrogens is 288 g/mol. The van der Waals surface area contributed by atoms with Crippen LogP contribution < -0.4 is 5.32 Å². The summed E-state index contributed by atoms with van der Waals surface area (Å²) < 4.78 is 5.38. The van der Waals surface area contributed by atoms with Crippen LogP contribution in [0.15, 0.2) is 0 Å². The third-order valence-electron chi connectivity index (χ3n) is 4.81. The summed E-state index contributed by atoms with van der Waals surface area (Å²) >= 11 is 0. The second-order valence-corrected chi connectivity index (χ2v) is 7.00. The van der Waals surface area contributed by atoms with Gasteiger partial charge < -0.3 is 15.0 Å². The number of piperidine rings is 1. The summed E-state index contributed by atoms with van der Waals surface area (Å²) in [7, 11) is 1.71. The predicted molar refractivity (Wildman–Crippen MR) is 87.8 cm³/mol. The lowest BCUT2D eigenvalue weighted by Gasteiger charge is -2.38. The average molecular weight is 319 g/mol. The van der Waals surface area contributed by atoms with Gasteiger partial charge in [-0.2, -0.15) is 0 Å². The van der Waals surface area contributed by atoms with Gasteiger partial charge in [0.15, 0.2) is 0 Å². The van der Waals surface area contributed by atoms with Crippen LogP contribution >= 0.6 is 12.4 Å². The number of methoxy groups -OCH3 is 1. The van der Waals surface area contributed by atoms with Gasteiger partial charge in [-0.25, -0.2) is 0 Å². The van der Waals surface area contributed by atoms with Crippen molar-refractivity contribution in [2.24, 2.45) is 17.3 Å². The Kier molecular flexibility index (Phi) is 7.45. The topological polar surface area (TPSA) is 41.6 Å². The van der Waals surface area contributed by atoms with E-state index in [1.54, 1.807) is 7.11 Å². The van der Waals surface area contributed by atoms with Crippen LogP contribution in [0.2, 0.25) is 0 Å². The van der Waals surface area contributed by atoms with Gasteiger partial charge in [0.05, 0.1) is 12.0 Å². The lowest BCUT2D eigenvalue weighted by Crippen LogP contribution is -2.51. The molecule has 2 saturated heterocycles. The van der Waals surface area contributed by atoms with Crippen LogP contribution in [0.3, 0.4) is 0 Å². The number of amides is 1. The molecule has 0 aromatic heterocycles. The minimum atomic E-state index is -0.271. The van der Waals surface area contributed by atoms with Gasteiger partial charge in [0.2, 0.25) is 5.91 Å². The molecule has 2 aliphatic heterocycles. The number of rotatable bonds is 5. The van der Waals surface area contributed by atoms with Crippen molar-refractivity contribution >= 4 is 18.3 Å². The average Bonchev–Trinajstić information content (AvgIpc) is 2.87. The zero-order valence-corrected chi connectivity index (χ0v) is 14.5. The van der Waals surface area contributed by atoms with E-state index < -0.39 is 0 Å². The number of nitrogens with one attached hydrogen (secondary N) is 1. The molecule has 0 aromatic rings. The van der Waals surface area contributed by atoms with Crippen LogP contribution in [0.5, 0.6) is 0 Å². The molecule has 1 amide bonds. The zero-order chi connectivity index (χ0) is 14.6. The highest BCUT2D eigenvalue weighted by molar-refractivity contribution is 5.85. The van der Waals surface area contributed by atoms with Gasteiger partial charge in [-0.3, -0.25) is 4.79 Å². The number of hydrogen-bond acceptors (Lipinski definition) is 3. The molecule has 4 nitrogen and oxygen atoms in total. The van der Waals surface area contributed by atoms with Crippen LogP contribution in [0.25, 0.3) is 0 Å². The van der Waals surface area contributed by atoms with Gasteiger partial charge >= 0.3 is 0 Å². The van der Waals surface area contributed by atoms with Gasteiger partial charge in [0.25, 0.3) is 0 Å². The number of likely N-dealkylation sites (tertiary alicyclic amines) is 1. The highest BCUT2D eigenvalue weighted by Crippen LogP contribution is 2.34. The summed E-state index contributed by atoms with van der Waals surface area (Å²) in [5.74, 6) is 1.76. The second kappa shape index (κ2) is 8.35. The molecule has 2 aliphatic rings. The molecule has 2 rings (SSSR count). The van der Waals surface area contributed by atoms with Crippen LogP contribution in [0.1, 0.15) is 39.5 Å². The zero-order valence-electron chi connectivity index (χ0n) is 13.7. The molecule has 2 fully saturated rings. The second-order valence-electron chi connectivity index (χ2n) is 7.00. The molecule has 124 valence electrons. The standard InChI is InChI=1S/C16H30N2O2.ClH/c1-13(2)10-14-4-9-18(11-14)15(19)16(12-20-3)5-7-17-8-6-16;/h13-14,17H,4-12H2,1-3H3;1H. The van der Waals surface area contributed by atoms with Crippen LogP contribution in [0, 0.1) is 17.3 Å². The maximum Gasteiger partial charge on any atom is 0.231 e. The Morgan fingerprint density at radius 1 is 1.38 bits per heavy atom. The van der Waals surface area contributed by atoms with Crippen molar-refractivity contribution in [2.45, 2.75) is 39.5 Å². The van der Waals surface area contributed by atoms with Gasteiger partial charge in [0, 0.05) is 20.2 Å². The van der Waals surface area contributed by atoms with Gasteiger partial charge in [-0.15, -0.1) is 12.4 Å². The summed E-state index contributed by atoms with van der Waals surface area (Å²) in [4.78, 5) is 15.1. The first kappa shape index (κ1) is 18.7. The number of hydrogen-bond donors (Lipinski definition) is 1. The van der Waals surface area contributed by atoms with Crippen molar-refractivity contribution in [1.29, 1.82) is 0 Å². The largest absolute Gasteiger partial charge is 0.384 e. The highest BCUT2D eigenvalue weighted by Gasteiger charge is 2.43. The van der Waals surface area contributed by atoms with Gasteiger partial charge in [-0.1, -0.05) is 13.8 Å².